The van der Waals surface area contributed by atoms with E-state index in [9.17, 15) is 4.79 Å². The molecule has 2 heterocycles. The first-order valence-corrected chi connectivity index (χ1v) is 8.50. The van der Waals surface area contributed by atoms with E-state index in [1.165, 1.54) is 0 Å². The fourth-order valence-corrected chi connectivity index (χ4v) is 4.69. The molecule has 2 unspecified atom stereocenters. The Hall–Kier alpha value is -0.350. The Balaban J connectivity index is 1.91. The van der Waals surface area contributed by atoms with Crippen LogP contribution in [0.2, 0.25) is 0 Å². The Morgan fingerprint density at radius 3 is 2.53 bits per heavy atom. The highest BCUT2D eigenvalue weighted by atomic mass is 79.9. The highest BCUT2D eigenvalue weighted by Crippen LogP contribution is 2.40. The number of amides is 1. The maximum atomic E-state index is 12.8. The minimum absolute atomic E-state index is 0.197. The minimum atomic E-state index is 0.197. The van der Waals surface area contributed by atoms with Gasteiger partial charge in [0.05, 0.1) is 5.56 Å². The van der Waals surface area contributed by atoms with Gasteiger partial charge in [-0.05, 0) is 60.2 Å². The van der Waals surface area contributed by atoms with Crippen molar-refractivity contribution >= 4 is 37.8 Å². The molecule has 0 spiro atoms. The Kier molecular flexibility index (Phi) is 3.73. The van der Waals surface area contributed by atoms with Gasteiger partial charge in [0.2, 0.25) is 0 Å². The van der Waals surface area contributed by atoms with Crippen LogP contribution in [0.15, 0.2) is 22.7 Å². The molecule has 0 aliphatic carbocycles. The largest absolute Gasteiger partial charge is 0.333 e. The van der Waals surface area contributed by atoms with Gasteiger partial charge in [-0.2, -0.15) is 0 Å². The molecule has 2 bridgehead atoms. The Morgan fingerprint density at radius 2 is 1.89 bits per heavy atom. The van der Waals surface area contributed by atoms with Crippen molar-refractivity contribution in [3.8, 4) is 0 Å². The number of fused-ring (bicyclic) bond motifs is 2. The van der Waals surface area contributed by atoms with Gasteiger partial charge in [-0.1, -0.05) is 28.1 Å². The number of benzene rings is 1. The quantitative estimate of drug-likeness (QED) is 0.659. The molecule has 2 atom stereocenters. The Morgan fingerprint density at radius 1 is 1.26 bits per heavy atom. The second kappa shape index (κ2) is 5.21. The number of aryl methyl sites for hydroxylation is 1. The van der Waals surface area contributed by atoms with E-state index >= 15 is 0 Å². The lowest BCUT2D eigenvalue weighted by molar-refractivity contribution is 0.0602. The maximum Gasteiger partial charge on any atom is 0.255 e. The zero-order chi connectivity index (χ0) is 13.6. The molecule has 102 valence electrons. The summed E-state index contributed by atoms with van der Waals surface area (Å²) in [4.78, 5) is 15.5. The van der Waals surface area contributed by atoms with E-state index < -0.39 is 0 Å². The highest BCUT2D eigenvalue weighted by Gasteiger charge is 2.43. The number of halogens is 2. The van der Waals surface area contributed by atoms with Crippen LogP contribution in [0.1, 0.15) is 41.6 Å². The number of nitrogens with zero attached hydrogens (tertiary/aromatic N) is 1. The molecular formula is C15H17Br2NO. The van der Waals surface area contributed by atoms with Crippen LogP contribution in [-0.4, -0.2) is 27.7 Å². The van der Waals surface area contributed by atoms with Gasteiger partial charge in [-0.15, -0.1) is 0 Å². The zero-order valence-corrected chi connectivity index (χ0v) is 14.1. The average molecular weight is 387 g/mol. The lowest BCUT2D eigenvalue weighted by atomic mass is 10.0. The summed E-state index contributed by atoms with van der Waals surface area (Å²) in [6.07, 6.45) is 4.49. The molecule has 19 heavy (non-hydrogen) atoms. The Bertz CT molecular complexity index is 503. The van der Waals surface area contributed by atoms with E-state index in [2.05, 4.69) is 36.8 Å². The first kappa shape index (κ1) is 13.6. The lowest BCUT2D eigenvalue weighted by Gasteiger charge is -2.37. The van der Waals surface area contributed by atoms with E-state index in [0.717, 1.165) is 41.3 Å². The standard InChI is InChI=1S/C15H17Br2NO/c1-9-3-2-4-13(14(9)17)15(19)18-11-5-6-12(18)8-10(16)7-11/h2-4,10-12H,5-8H2,1H3. The predicted octanol–water partition coefficient (Wildman–Crippen LogP) is 4.29. The summed E-state index contributed by atoms with van der Waals surface area (Å²) in [5.74, 6) is 0.197. The van der Waals surface area contributed by atoms with Crippen molar-refractivity contribution in [3.63, 3.8) is 0 Å². The normalized spacial score (nSPS) is 29.6. The third-order valence-electron chi connectivity index (χ3n) is 4.33. The SMILES string of the molecule is Cc1cccc(C(=O)N2C3CCC2CC(Br)C3)c1Br. The smallest absolute Gasteiger partial charge is 0.255 e. The van der Waals surface area contributed by atoms with Gasteiger partial charge in [-0.3, -0.25) is 4.79 Å². The molecule has 3 rings (SSSR count). The van der Waals surface area contributed by atoms with Crippen molar-refractivity contribution in [1.82, 2.24) is 4.90 Å². The van der Waals surface area contributed by atoms with E-state index in [0.29, 0.717) is 16.9 Å². The summed E-state index contributed by atoms with van der Waals surface area (Å²) in [5, 5.41) is 0. The number of carbonyl (C=O) groups is 1. The van der Waals surface area contributed by atoms with Crippen LogP contribution in [0.5, 0.6) is 0 Å². The molecule has 1 aromatic carbocycles. The summed E-state index contributed by atoms with van der Waals surface area (Å²) in [5.41, 5.74) is 1.93. The fraction of sp³-hybridized carbons (Fsp3) is 0.533. The zero-order valence-electron chi connectivity index (χ0n) is 10.9. The fourth-order valence-electron chi connectivity index (χ4n) is 3.39. The molecule has 2 aliphatic rings. The summed E-state index contributed by atoms with van der Waals surface area (Å²) in [7, 11) is 0. The van der Waals surface area contributed by atoms with E-state index in [4.69, 9.17) is 0 Å². The van der Waals surface area contributed by atoms with Crippen LogP contribution in [0.3, 0.4) is 0 Å². The summed E-state index contributed by atoms with van der Waals surface area (Å²) in [6.45, 7) is 2.03. The molecule has 4 heteroatoms. The van der Waals surface area contributed by atoms with Crippen molar-refractivity contribution in [2.75, 3.05) is 0 Å². The molecule has 0 aromatic heterocycles. The first-order valence-electron chi connectivity index (χ1n) is 6.79. The number of piperidine rings is 1. The van der Waals surface area contributed by atoms with Crippen LogP contribution < -0.4 is 0 Å². The van der Waals surface area contributed by atoms with E-state index in [-0.39, 0.29) is 5.91 Å². The third-order valence-corrected chi connectivity index (χ3v) is 6.13. The Labute approximate surface area is 130 Å². The van der Waals surface area contributed by atoms with Crippen LogP contribution in [0.4, 0.5) is 0 Å². The average Bonchev–Trinajstić information content (AvgIpc) is 2.64. The molecule has 0 saturated carbocycles. The second-order valence-electron chi connectivity index (χ2n) is 5.60. The highest BCUT2D eigenvalue weighted by molar-refractivity contribution is 9.10. The molecule has 1 amide bonds. The van der Waals surface area contributed by atoms with Gasteiger partial charge in [-0.25, -0.2) is 0 Å². The van der Waals surface area contributed by atoms with Crippen LogP contribution in [0.25, 0.3) is 0 Å². The molecule has 2 aliphatic heterocycles. The molecule has 1 aromatic rings. The number of carbonyl (C=O) groups excluding carboxylic acids is 1. The maximum absolute atomic E-state index is 12.8. The van der Waals surface area contributed by atoms with Crippen molar-refractivity contribution in [2.45, 2.75) is 49.5 Å². The van der Waals surface area contributed by atoms with Gasteiger partial charge in [0, 0.05) is 21.4 Å². The minimum Gasteiger partial charge on any atom is -0.333 e. The van der Waals surface area contributed by atoms with Crippen molar-refractivity contribution in [2.24, 2.45) is 0 Å². The van der Waals surface area contributed by atoms with Crippen LogP contribution in [0, 0.1) is 6.92 Å². The van der Waals surface area contributed by atoms with Gasteiger partial charge in [0.1, 0.15) is 0 Å². The predicted molar refractivity (Wildman–Crippen MR) is 83.8 cm³/mol. The number of hydrogen-bond donors (Lipinski definition) is 0. The van der Waals surface area contributed by atoms with Gasteiger partial charge >= 0.3 is 0 Å². The first-order chi connectivity index (χ1) is 9.08. The van der Waals surface area contributed by atoms with Crippen molar-refractivity contribution < 1.29 is 4.79 Å². The summed E-state index contributed by atoms with van der Waals surface area (Å²) in [6, 6.07) is 6.76. The summed E-state index contributed by atoms with van der Waals surface area (Å²) >= 11 is 7.28. The van der Waals surface area contributed by atoms with E-state index in [1.54, 1.807) is 0 Å². The second-order valence-corrected chi connectivity index (χ2v) is 7.69. The monoisotopic (exact) mass is 385 g/mol. The topological polar surface area (TPSA) is 20.3 Å². The molecular weight excluding hydrogens is 370 g/mol. The third kappa shape index (κ3) is 2.38. The van der Waals surface area contributed by atoms with Crippen molar-refractivity contribution in [1.29, 1.82) is 0 Å². The molecule has 2 nitrogen and oxygen atoms in total. The van der Waals surface area contributed by atoms with E-state index in [1.807, 2.05) is 25.1 Å². The van der Waals surface area contributed by atoms with Crippen LogP contribution in [-0.2, 0) is 0 Å². The van der Waals surface area contributed by atoms with Crippen molar-refractivity contribution in [3.05, 3.63) is 33.8 Å². The van der Waals surface area contributed by atoms with Crippen LogP contribution >= 0.6 is 31.9 Å². The van der Waals surface area contributed by atoms with Gasteiger partial charge in [0.15, 0.2) is 0 Å². The number of hydrogen-bond acceptors (Lipinski definition) is 1. The summed E-state index contributed by atoms with van der Waals surface area (Å²) < 4.78 is 0.945. The lowest BCUT2D eigenvalue weighted by Crippen LogP contribution is -2.47. The molecule has 2 saturated heterocycles. The number of alkyl halides is 1. The number of rotatable bonds is 1. The van der Waals surface area contributed by atoms with Gasteiger partial charge < -0.3 is 4.90 Å². The van der Waals surface area contributed by atoms with Gasteiger partial charge in [0.25, 0.3) is 5.91 Å². The molecule has 0 N–H and O–H groups in total. The molecule has 2 fully saturated rings. The molecule has 0 radical (unpaired) electrons.